The second-order valence-corrected chi connectivity index (χ2v) is 8.59. The van der Waals surface area contributed by atoms with E-state index in [1.54, 1.807) is 6.92 Å². The number of rotatable bonds is 2. The number of alkyl halides is 3. The van der Waals surface area contributed by atoms with Crippen LogP contribution in [0, 0.1) is 23.7 Å². The summed E-state index contributed by atoms with van der Waals surface area (Å²) in [7, 11) is 0. The summed E-state index contributed by atoms with van der Waals surface area (Å²) in [6.45, 7) is 6.86. The van der Waals surface area contributed by atoms with E-state index in [1.165, 1.54) is 0 Å². The van der Waals surface area contributed by atoms with Crippen molar-refractivity contribution in [1.29, 1.82) is 0 Å². The van der Waals surface area contributed by atoms with Gasteiger partial charge in [-0.05, 0) is 44.9 Å². The van der Waals surface area contributed by atoms with Crippen LogP contribution in [0.15, 0.2) is 0 Å². The first kappa shape index (κ1) is 18.9. The van der Waals surface area contributed by atoms with Crippen LogP contribution in [0.5, 0.6) is 0 Å². The minimum Gasteiger partial charge on any atom is -0.340 e. The van der Waals surface area contributed by atoms with Gasteiger partial charge in [-0.1, -0.05) is 13.8 Å². The second-order valence-electron chi connectivity index (χ2n) is 8.59. The predicted octanol–water partition coefficient (Wildman–Crippen LogP) is 4.16. The molecular formula is C18H27F3O5. The highest BCUT2D eigenvalue weighted by molar-refractivity contribution is 5.09. The zero-order valence-electron chi connectivity index (χ0n) is 15.5. The Morgan fingerprint density at radius 1 is 1.08 bits per heavy atom. The van der Waals surface area contributed by atoms with Crippen molar-refractivity contribution in [2.75, 3.05) is 0 Å². The minimum atomic E-state index is -4.43. The highest BCUT2D eigenvalue weighted by Crippen LogP contribution is 2.60. The van der Waals surface area contributed by atoms with Gasteiger partial charge in [0.1, 0.15) is 0 Å². The smallest absolute Gasteiger partial charge is 0.340 e. The third-order valence-corrected chi connectivity index (χ3v) is 6.90. The fourth-order valence-electron chi connectivity index (χ4n) is 5.31. The van der Waals surface area contributed by atoms with Crippen molar-refractivity contribution < 1.29 is 37.2 Å². The number of ether oxygens (including phenoxy) is 3. The molecule has 5 aliphatic rings. The van der Waals surface area contributed by atoms with Gasteiger partial charge >= 0.3 is 6.18 Å². The van der Waals surface area contributed by atoms with E-state index in [0.29, 0.717) is 12.3 Å². The molecule has 4 saturated heterocycles. The monoisotopic (exact) mass is 380 g/mol. The largest absolute Gasteiger partial charge is 0.414 e. The molecule has 4 aliphatic heterocycles. The summed E-state index contributed by atoms with van der Waals surface area (Å²) in [5, 5.41) is 0. The van der Waals surface area contributed by atoms with Crippen LogP contribution in [0.25, 0.3) is 0 Å². The highest BCUT2D eigenvalue weighted by Gasteiger charge is 2.69. The molecule has 5 rings (SSSR count). The fraction of sp³-hybridized carbons (Fsp3) is 1.00. The number of fused-ring (bicyclic) bond motifs is 2. The Morgan fingerprint density at radius 3 is 2.50 bits per heavy atom. The van der Waals surface area contributed by atoms with E-state index in [-0.39, 0.29) is 17.8 Å². The Balaban J connectivity index is 1.66. The van der Waals surface area contributed by atoms with Gasteiger partial charge < -0.3 is 14.2 Å². The van der Waals surface area contributed by atoms with E-state index in [4.69, 9.17) is 24.0 Å². The molecule has 0 amide bonds. The SMILES string of the molecule is C[C@H]1[C@@H](O[C@H](C)C(F)(F)F)O[C@@H]2O[C@@]3(C)CC[C@H]4[C@H](C)CC[C@@H]1[C@@]24OO3. The van der Waals surface area contributed by atoms with Gasteiger partial charge in [0.2, 0.25) is 5.79 Å². The van der Waals surface area contributed by atoms with Gasteiger partial charge in [-0.15, -0.1) is 0 Å². The van der Waals surface area contributed by atoms with Crippen LogP contribution < -0.4 is 0 Å². The lowest BCUT2D eigenvalue weighted by Crippen LogP contribution is -2.70. The maximum absolute atomic E-state index is 13.0. The second kappa shape index (κ2) is 6.04. The molecule has 8 heteroatoms. The summed E-state index contributed by atoms with van der Waals surface area (Å²) in [4.78, 5) is 11.6. The summed E-state index contributed by atoms with van der Waals surface area (Å²) in [6, 6.07) is 0. The molecule has 0 aromatic heterocycles. The topological polar surface area (TPSA) is 46.2 Å². The molecule has 4 heterocycles. The van der Waals surface area contributed by atoms with Crippen molar-refractivity contribution in [3.63, 3.8) is 0 Å². The van der Waals surface area contributed by atoms with Crippen molar-refractivity contribution in [3.05, 3.63) is 0 Å². The Bertz CT molecular complexity index is 557. The highest BCUT2D eigenvalue weighted by atomic mass is 19.4. The van der Waals surface area contributed by atoms with Crippen LogP contribution in [0.1, 0.15) is 53.4 Å². The zero-order chi connectivity index (χ0) is 18.9. The molecular weight excluding hydrogens is 353 g/mol. The van der Waals surface area contributed by atoms with Crippen LogP contribution in [0.2, 0.25) is 0 Å². The number of hydrogen-bond acceptors (Lipinski definition) is 5. The Morgan fingerprint density at radius 2 is 1.81 bits per heavy atom. The maximum atomic E-state index is 13.0. The molecule has 0 unspecified atom stereocenters. The van der Waals surface area contributed by atoms with Crippen molar-refractivity contribution in [1.82, 2.24) is 0 Å². The summed E-state index contributed by atoms with van der Waals surface area (Å²) in [5.41, 5.74) is -0.783. The summed E-state index contributed by atoms with van der Waals surface area (Å²) >= 11 is 0. The first-order valence-corrected chi connectivity index (χ1v) is 9.49. The lowest BCUT2D eigenvalue weighted by molar-refractivity contribution is -0.578. The fourth-order valence-corrected chi connectivity index (χ4v) is 5.31. The van der Waals surface area contributed by atoms with Crippen LogP contribution in [-0.2, 0) is 24.0 Å². The summed E-state index contributed by atoms with van der Waals surface area (Å²) in [5.74, 6) is -0.669. The standard InChI is InChI=1S/C18H27F3O5/c1-9-5-6-13-10(2)14(22-11(3)18(19,20)21)23-15-17(13)12(9)7-8-16(4,24-15)25-26-17/h9-15H,5-8H2,1-4H3/t9-,10-,11-,12+,13+,14+,15-,16-,17-/m1/s1. The van der Waals surface area contributed by atoms with Gasteiger partial charge in [-0.3, -0.25) is 0 Å². The number of halogens is 3. The molecule has 1 spiro atoms. The molecule has 150 valence electrons. The molecule has 1 aliphatic carbocycles. The lowest BCUT2D eigenvalue weighted by atomic mass is 9.58. The quantitative estimate of drug-likeness (QED) is 0.673. The van der Waals surface area contributed by atoms with Gasteiger partial charge in [0.25, 0.3) is 0 Å². The van der Waals surface area contributed by atoms with Gasteiger partial charge in [0, 0.05) is 18.3 Å². The molecule has 5 nitrogen and oxygen atoms in total. The molecule has 0 aromatic rings. The normalized spacial score (nSPS) is 52.3. The van der Waals surface area contributed by atoms with Crippen molar-refractivity contribution in [3.8, 4) is 0 Å². The van der Waals surface area contributed by atoms with E-state index in [0.717, 1.165) is 26.2 Å². The molecule has 0 radical (unpaired) electrons. The average molecular weight is 380 g/mol. The van der Waals surface area contributed by atoms with Crippen molar-refractivity contribution in [2.45, 2.75) is 89.6 Å². The van der Waals surface area contributed by atoms with Crippen LogP contribution in [-0.4, -0.2) is 36.2 Å². The minimum absolute atomic E-state index is 0.0458. The van der Waals surface area contributed by atoms with Crippen molar-refractivity contribution in [2.24, 2.45) is 23.7 Å². The molecule has 1 saturated carbocycles. The zero-order valence-corrected chi connectivity index (χ0v) is 15.5. The van der Waals surface area contributed by atoms with Crippen LogP contribution >= 0.6 is 0 Å². The molecule has 9 atom stereocenters. The number of hydrogen-bond donors (Lipinski definition) is 0. The lowest BCUT2D eigenvalue weighted by Gasteiger charge is -2.60. The van der Waals surface area contributed by atoms with Gasteiger partial charge in [0.15, 0.2) is 24.3 Å². The van der Waals surface area contributed by atoms with Gasteiger partial charge in [-0.25, -0.2) is 9.78 Å². The molecule has 0 N–H and O–H groups in total. The van der Waals surface area contributed by atoms with E-state index in [1.807, 2.05) is 6.92 Å². The van der Waals surface area contributed by atoms with Gasteiger partial charge in [0.05, 0.1) is 0 Å². The third-order valence-electron chi connectivity index (χ3n) is 6.90. The Hall–Kier alpha value is -0.410. The van der Waals surface area contributed by atoms with E-state index in [9.17, 15) is 13.2 Å². The van der Waals surface area contributed by atoms with Gasteiger partial charge in [-0.2, -0.15) is 13.2 Å². The molecule has 2 bridgehead atoms. The summed E-state index contributed by atoms with van der Waals surface area (Å²) in [6.07, 6.45) is -4.76. The van der Waals surface area contributed by atoms with Crippen LogP contribution in [0.4, 0.5) is 13.2 Å². The third kappa shape index (κ3) is 2.71. The predicted molar refractivity (Wildman–Crippen MR) is 83.4 cm³/mol. The molecule has 0 aromatic carbocycles. The van der Waals surface area contributed by atoms with Crippen molar-refractivity contribution >= 4 is 0 Å². The summed E-state index contributed by atoms with van der Waals surface area (Å²) < 4.78 is 56.3. The van der Waals surface area contributed by atoms with E-state index >= 15 is 0 Å². The molecule has 5 fully saturated rings. The van der Waals surface area contributed by atoms with E-state index in [2.05, 4.69) is 6.92 Å². The van der Waals surface area contributed by atoms with Crippen LogP contribution in [0.3, 0.4) is 0 Å². The first-order chi connectivity index (χ1) is 12.1. The van der Waals surface area contributed by atoms with E-state index < -0.39 is 36.2 Å². The Kier molecular flexibility index (Phi) is 4.40. The molecule has 26 heavy (non-hydrogen) atoms. The Labute approximate surface area is 151 Å². The first-order valence-electron chi connectivity index (χ1n) is 9.49. The average Bonchev–Trinajstić information content (AvgIpc) is 2.77. The maximum Gasteiger partial charge on any atom is 0.414 e.